The Hall–Kier alpha value is -0.590. The minimum Gasteiger partial charge on any atom is -0.294 e. The second-order valence-corrected chi connectivity index (χ2v) is 14.6. The lowest BCUT2D eigenvalue weighted by Crippen LogP contribution is -2.66. The molecule has 0 radical (unpaired) electrons. The summed E-state index contributed by atoms with van der Waals surface area (Å²) in [6, 6.07) is 0. The molecule has 174 valence electrons. The third-order valence-electron chi connectivity index (χ3n) is 13.0. The van der Waals surface area contributed by atoms with E-state index >= 15 is 0 Å². The molecule has 1 heteroatoms. The molecule has 0 spiro atoms. The number of carbonyl (C=O) groups is 1. The fourth-order valence-corrected chi connectivity index (χ4v) is 11.1. The molecule has 31 heavy (non-hydrogen) atoms. The largest absolute Gasteiger partial charge is 0.294 e. The minimum atomic E-state index is -0.174. The van der Waals surface area contributed by atoms with Crippen LogP contribution in [0.2, 0.25) is 0 Å². The quantitative estimate of drug-likeness (QED) is 0.415. The third-order valence-corrected chi connectivity index (χ3v) is 13.0. The Labute approximate surface area is 192 Å². The Kier molecular flexibility index (Phi) is 4.66. The van der Waals surface area contributed by atoms with Crippen LogP contribution >= 0.6 is 0 Å². The molecule has 0 unspecified atom stereocenters. The van der Waals surface area contributed by atoms with Crippen molar-refractivity contribution < 1.29 is 4.79 Å². The van der Waals surface area contributed by atoms with Crippen molar-refractivity contribution in [2.75, 3.05) is 0 Å². The van der Waals surface area contributed by atoms with Crippen LogP contribution in [0.1, 0.15) is 107 Å². The highest BCUT2D eigenvalue weighted by Crippen LogP contribution is 2.76. The predicted octanol–water partition coefficient (Wildman–Crippen LogP) is 8.09. The smallest absolute Gasteiger partial charge is 0.161 e. The van der Waals surface area contributed by atoms with E-state index in [0.717, 1.165) is 23.7 Å². The van der Waals surface area contributed by atoms with Gasteiger partial charge in [0.1, 0.15) is 0 Å². The first-order chi connectivity index (χ1) is 14.3. The number of allylic oxidation sites excluding steroid dienone is 2. The molecule has 0 aromatic heterocycles. The van der Waals surface area contributed by atoms with Gasteiger partial charge < -0.3 is 0 Å². The monoisotopic (exact) mass is 424 g/mol. The van der Waals surface area contributed by atoms with E-state index in [0.29, 0.717) is 33.9 Å². The SMILES string of the molecule is CC(C)[C@@H]1CC[C@]2(C)CC[C@@]3(C)[C@@H](CC[C@H]4[C@@]5(C)C(=O)C=CC(C)(C)[C@H]5CC[C@]43C)[C@H]12. The molecule has 0 saturated heterocycles. The second kappa shape index (κ2) is 6.50. The first kappa shape index (κ1) is 22.2. The van der Waals surface area contributed by atoms with E-state index in [1.165, 1.54) is 51.4 Å². The van der Waals surface area contributed by atoms with Gasteiger partial charge in [0.25, 0.3) is 0 Å². The van der Waals surface area contributed by atoms with Crippen molar-refractivity contribution in [3.05, 3.63) is 12.2 Å². The van der Waals surface area contributed by atoms with Gasteiger partial charge in [-0.3, -0.25) is 4.79 Å². The van der Waals surface area contributed by atoms with Gasteiger partial charge in [0, 0.05) is 5.41 Å². The topological polar surface area (TPSA) is 17.1 Å². The summed E-state index contributed by atoms with van der Waals surface area (Å²) in [5.74, 6) is 4.94. The highest BCUT2D eigenvalue weighted by atomic mass is 16.1. The van der Waals surface area contributed by atoms with Crippen LogP contribution in [-0.2, 0) is 4.79 Å². The van der Waals surface area contributed by atoms with Crippen LogP contribution in [0.15, 0.2) is 12.2 Å². The number of hydrogen-bond acceptors (Lipinski definition) is 1. The van der Waals surface area contributed by atoms with Gasteiger partial charge >= 0.3 is 0 Å². The fraction of sp³-hybridized carbons (Fsp3) is 0.900. The first-order valence-electron chi connectivity index (χ1n) is 13.5. The normalized spacial score (nSPS) is 55.4. The predicted molar refractivity (Wildman–Crippen MR) is 130 cm³/mol. The highest BCUT2D eigenvalue weighted by Gasteiger charge is 2.70. The number of ketones is 1. The Bertz CT molecular complexity index is 805. The van der Waals surface area contributed by atoms with Gasteiger partial charge in [0.15, 0.2) is 5.78 Å². The summed E-state index contributed by atoms with van der Waals surface area (Å²) in [5.41, 5.74) is 1.21. The van der Waals surface area contributed by atoms with Gasteiger partial charge in [-0.2, -0.15) is 0 Å². The molecule has 4 saturated carbocycles. The zero-order valence-corrected chi connectivity index (χ0v) is 21.7. The summed E-state index contributed by atoms with van der Waals surface area (Å²) < 4.78 is 0. The summed E-state index contributed by atoms with van der Waals surface area (Å²) in [4.78, 5) is 13.6. The van der Waals surface area contributed by atoms with Crippen LogP contribution in [0.3, 0.4) is 0 Å². The maximum atomic E-state index is 13.6. The molecule has 4 fully saturated rings. The Morgan fingerprint density at radius 1 is 0.806 bits per heavy atom. The second-order valence-electron chi connectivity index (χ2n) is 14.6. The zero-order chi connectivity index (χ0) is 22.6. The molecule has 0 aromatic carbocycles. The maximum absolute atomic E-state index is 13.6. The fourth-order valence-electron chi connectivity index (χ4n) is 11.1. The van der Waals surface area contributed by atoms with Gasteiger partial charge in [-0.15, -0.1) is 0 Å². The maximum Gasteiger partial charge on any atom is 0.161 e. The van der Waals surface area contributed by atoms with Crippen LogP contribution in [0.5, 0.6) is 0 Å². The van der Waals surface area contributed by atoms with E-state index in [2.05, 4.69) is 61.5 Å². The minimum absolute atomic E-state index is 0.140. The lowest BCUT2D eigenvalue weighted by Gasteiger charge is -2.71. The van der Waals surface area contributed by atoms with Crippen LogP contribution in [0, 0.1) is 62.6 Å². The molecular formula is C30H48O. The van der Waals surface area contributed by atoms with Crippen LogP contribution in [-0.4, -0.2) is 5.78 Å². The molecule has 0 amide bonds. The van der Waals surface area contributed by atoms with Gasteiger partial charge in [-0.25, -0.2) is 0 Å². The van der Waals surface area contributed by atoms with Gasteiger partial charge in [0.2, 0.25) is 0 Å². The van der Waals surface area contributed by atoms with E-state index in [4.69, 9.17) is 0 Å². The zero-order valence-electron chi connectivity index (χ0n) is 21.7. The molecule has 5 rings (SSSR count). The number of rotatable bonds is 1. The average molecular weight is 425 g/mol. The third kappa shape index (κ3) is 2.59. The van der Waals surface area contributed by atoms with Crippen LogP contribution in [0.4, 0.5) is 0 Å². The highest BCUT2D eigenvalue weighted by molar-refractivity contribution is 5.96. The van der Waals surface area contributed by atoms with Crippen molar-refractivity contribution >= 4 is 5.78 Å². The van der Waals surface area contributed by atoms with Gasteiger partial charge in [-0.05, 0) is 115 Å². The molecule has 0 heterocycles. The summed E-state index contributed by atoms with van der Waals surface area (Å²) in [6.45, 7) is 20.1. The Balaban J connectivity index is 1.58. The Morgan fingerprint density at radius 2 is 1.52 bits per heavy atom. The lowest BCUT2D eigenvalue weighted by molar-refractivity contribution is -0.223. The molecule has 0 aromatic rings. The molecule has 0 N–H and O–H groups in total. The van der Waals surface area contributed by atoms with Gasteiger partial charge in [0.05, 0.1) is 0 Å². The van der Waals surface area contributed by atoms with E-state index in [-0.39, 0.29) is 10.8 Å². The average Bonchev–Trinajstić information content (AvgIpc) is 3.04. The van der Waals surface area contributed by atoms with Crippen molar-refractivity contribution in [1.82, 2.24) is 0 Å². The molecule has 0 aliphatic heterocycles. The summed E-state index contributed by atoms with van der Waals surface area (Å²) in [6.07, 6.45) is 15.1. The van der Waals surface area contributed by atoms with Crippen molar-refractivity contribution in [2.45, 2.75) is 107 Å². The standard InChI is InChI=1S/C30H48O/c1-19(2)20-11-15-27(5)17-18-28(6)21(25(20)27)9-10-23-29(28,7)16-12-22-26(3,4)14-13-24(31)30(22,23)8/h13-14,19-23,25H,9-12,15-18H2,1-8H3/t20-,21-,22+,23+,25-,27+,28-,29+,30-/m0/s1. The number of fused-ring (bicyclic) bond motifs is 7. The summed E-state index contributed by atoms with van der Waals surface area (Å²) >= 11 is 0. The molecule has 0 bridgehead atoms. The van der Waals surface area contributed by atoms with Crippen molar-refractivity contribution in [3.8, 4) is 0 Å². The van der Waals surface area contributed by atoms with Crippen molar-refractivity contribution in [3.63, 3.8) is 0 Å². The Morgan fingerprint density at radius 3 is 2.19 bits per heavy atom. The molecule has 5 aliphatic rings. The van der Waals surface area contributed by atoms with E-state index in [1.54, 1.807) is 0 Å². The van der Waals surface area contributed by atoms with E-state index in [1.807, 2.05) is 6.08 Å². The van der Waals surface area contributed by atoms with Crippen LogP contribution < -0.4 is 0 Å². The molecular weight excluding hydrogens is 376 g/mol. The van der Waals surface area contributed by atoms with Gasteiger partial charge in [-0.1, -0.05) is 61.5 Å². The lowest BCUT2D eigenvalue weighted by atomic mass is 9.32. The van der Waals surface area contributed by atoms with E-state index < -0.39 is 0 Å². The van der Waals surface area contributed by atoms with Crippen molar-refractivity contribution in [1.29, 1.82) is 0 Å². The number of hydrogen-bond donors (Lipinski definition) is 0. The first-order valence-corrected chi connectivity index (χ1v) is 13.5. The summed E-state index contributed by atoms with van der Waals surface area (Å²) in [5, 5.41) is 0. The molecule has 5 aliphatic carbocycles. The molecule has 1 nitrogen and oxygen atoms in total. The summed E-state index contributed by atoms with van der Waals surface area (Å²) in [7, 11) is 0. The van der Waals surface area contributed by atoms with Crippen molar-refractivity contribution in [2.24, 2.45) is 62.6 Å². The molecule has 9 atom stereocenters. The number of carbonyl (C=O) groups excluding carboxylic acids is 1. The van der Waals surface area contributed by atoms with Crippen LogP contribution in [0.25, 0.3) is 0 Å². The van der Waals surface area contributed by atoms with E-state index in [9.17, 15) is 4.79 Å².